The molecule has 1 saturated heterocycles. The van der Waals surface area contributed by atoms with Crippen LogP contribution in [-0.2, 0) is 9.84 Å². The Hall–Kier alpha value is -3.18. The molecule has 3 aromatic rings. The second-order valence-electron chi connectivity index (χ2n) is 14.1. The first-order valence-corrected chi connectivity index (χ1v) is 17.2. The lowest BCUT2D eigenvalue weighted by Crippen LogP contribution is -2.63. The molecule has 3 heterocycles. The molecule has 2 aliphatic carbocycles. The summed E-state index contributed by atoms with van der Waals surface area (Å²) in [6, 6.07) is 6.62. The Morgan fingerprint density at radius 2 is 1.86 bits per heavy atom. The van der Waals surface area contributed by atoms with E-state index >= 15 is 0 Å². The summed E-state index contributed by atoms with van der Waals surface area (Å²) in [5, 5.41) is 12.9. The number of rotatable bonds is 6. The van der Waals surface area contributed by atoms with Gasteiger partial charge in [0.2, 0.25) is 5.95 Å². The number of halogens is 1. The third-order valence-corrected chi connectivity index (χ3v) is 12.6. The van der Waals surface area contributed by atoms with Crippen LogP contribution in [0.15, 0.2) is 40.2 Å². The van der Waals surface area contributed by atoms with Gasteiger partial charge in [-0.15, -0.1) is 0 Å². The Bertz CT molecular complexity index is 1810. The number of anilines is 2. The zero-order valence-corrected chi connectivity index (χ0v) is 27.4. The molecular weight excluding hydrogens is 602 g/mol. The molecule has 3 atom stereocenters. The van der Waals surface area contributed by atoms with Gasteiger partial charge in [0, 0.05) is 36.4 Å². The molecule has 2 saturated carbocycles. The van der Waals surface area contributed by atoms with Gasteiger partial charge in [0.15, 0.2) is 9.84 Å². The van der Waals surface area contributed by atoms with E-state index in [-0.39, 0.29) is 38.3 Å². The maximum Gasteiger partial charge on any atom is 0.407 e. The van der Waals surface area contributed by atoms with Crippen molar-refractivity contribution in [2.75, 3.05) is 18.4 Å². The van der Waals surface area contributed by atoms with E-state index in [1.807, 2.05) is 13.8 Å². The number of carboxylic acid groups (broad SMARTS) is 1. The topological polar surface area (TPSA) is 134 Å². The van der Waals surface area contributed by atoms with E-state index in [1.165, 1.54) is 4.90 Å². The van der Waals surface area contributed by atoms with Crippen LogP contribution in [0.1, 0.15) is 71.4 Å². The summed E-state index contributed by atoms with van der Waals surface area (Å²) in [6.45, 7) is 11.0. The van der Waals surface area contributed by atoms with Crippen molar-refractivity contribution in [1.82, 2.24) is 19.4 Å². The quantitative estimate of drug-likeness (QED) is 0.314. The van der Waals surface area contributed by atoms with Crippen molar-refractivity contribution >= 4 is 50.2 Å². The molecule has 0 bridgehead atoms. The number of pyridine rings is 1. The number of amides is 1. The van der Waals surface area contributed by atoms with E-state index in [0.717, 1.165) is 18.4 Å². The highest BCUT2D eigenvalue weighted by Crippen LogP contribution is 2.62. The molecule has 3 unspecified atom stereocenters. The van der Waals surface area contributed by atoms with Crippen LogP contribution in [-0.4, -0.2) is 57.4 Å². The summed E-state index contributed by atoms with van der Waals surface area (Å²) in [5.41, 5.74) is 1.20. The van der Waals surface area contributed by atoms with Crippen molar-refractivity contribution in [3.05, 3.63) is 51.4 Å². The second kappa shape index (κ2) is 10.7. The molecule has 6 rings (SSSR count). The van der Waals surface area contributed by atoms with E-state index in [0.29, 0.717) is 60.9 Å². The highest BCUT2D eigenvalue weighted by molar-refractivity contribution is 7.92. The van der Waals surface area contributed by atoms with E-state index in [4.69, 9.17) is 16.6 Å². The van der Waals surface area contributed by atoms with E-state index < -0.39 is 21.2 Å². The summed E-state index contributed by atoms with van der Waals surface area (Å²) in [4.78, 5) is 35.3. The third kappa shape index (κ3) is 5.25. The average Bonchev–Trinajstić information content (AvgIpc) is 3.78. The lowest BCUT2D eigenvalue weighted by molar-refractivity contribution is -0.0789. The maximum absolute atomic E-state index is 14.1. The summed E-state index contributed by atoms with van der Waals surface area (Å²) < 4.78 is 29.8. The minimum atomic E-state index is -3.65. The van der Waals surface area contributed by atoms with Gasteiger partial charge in [-0.05, 0) is 98.4 Å². The van der Waals surface area contributed by atoms with Gasteiger partial charge < -0.3 is 15.3 Å². The van der Waals surface area contributed by atoms with Crippen LogP contribution in [0.5, 0.6) is 0 Å². The maximum atomic E-state index is 14.1. The first-order chi connectivity index (χ1) is 20.6. The van der Waals surface area contributed by atoms with Gasteiger partial charge in [-0.25, -0.2) is 18.2 Å². The first-order valence-electron chi connectivity index (χ1n) is 15.3. The predicted octanol–water partition coefficient (Wildman–Crippen LogP) is 6.44. The number of fused-ring (bicyclic) bond motifs is 1. The fourth-order valence-electron chi connectivity index (χ4n) is 7.87. The molecule has 44 heavy (non-hydrogen) atoms. The molecule has 12 heteroatoms. The van der Waals surface area contributed by atoms with Gasteiger partial charge in [-0.3, -0.25) is 9.36 Å². The fourth-order valence-corrected chi connectivity index (χ4v) is 10.6. The summed E-state index contributed by atoms with van der Waals surface area (Å²) in [7, 11) is -3.65. The zero-order chi connectivity index (χ0) is 31.8. The minimum Gasteiger partial charge on any atom is -0.465 e. The lowest BCUT2D eigenvalue weighted by Gasteiger charge is -2.62. The van der Waals surface area contributed by atoms with Crippen molar-refractivity contribution in [1.29, 1.82) is 0 Å². The van der Waals surface area contributed by atoms with E-state index in [9.17, 15) is 23.1 Å². The SMILES string of the molecule is Cc1cc(S(=O)(=O)C2CC3(CCN(C(=O)O)CC3)C2C(C)(C)C)ccc1Nc1ncc2cc(Cl)c(=O)n(C(C)C3CC3)c2n1. The van der Waals surface area contributed by atoms with Crippen LogP contribution in [0.2, 0.25) is 5.02 Å². The molecule has 1 aromatic carbocycles. The average molecular weight is 642 g/mol. The Morgan fingerprint density at radius 3 is 2.45 bits per heavy atom. The number of nitrogens with zero attached hydrogens (tertiary/aromatic N) is 4. The first kappa shape index (κ1) is 30.8. The van der Waals surface area contributed by atoms with E-state index in [1.54, 1.807) is 35.0 Å². The van der Waals surface area contributed by atoms with Crippen LogP contribution in [0.25, 0.3) is 11.0 Å². The molecule has 1 spiro atoms. The largest absolute Gasteiger partial charge is 0.465 e. The number of likely N-dealkylation sites (tertiary alicyclic amines) is 1. The van der Waals surface area contributed by atoms with Gasteiger partial charge in [0.25, 0.3) is 5.56 Å². The summed E-state index contributed by atoms with van der Waals surface area (Å²) in [5.74, 6) is 0.638. The molecule has 3 aliphatic rings. The molecule has 10 nitrogen and oxygen atoms in total. The molecule has 2 N–H and O–H groups in total. The van der Waals surface area contributed by atoms with Gasteiger partial charge in [-0.1, -0.05) is 32.4 Å². The lowest BCUT2D eigenvalue weighted by atomic mass is 9.48. The fraction of sp³-hybridized carbons (Fsp3) is 0.562. The van der Waals surface area contributed by atoms with Gasteiger partial charge >= 0.3 is 6.09 Å². The normalized spacial score (nSPS) is 22.5. The van der Waals surface area contributed by atoms with E-state index in [2.05, 4.69) is 31.1 Å². The number of benzene rings is 1. The number of carbonyl (C=O) groups is 1. The van der Waals surface area contributed by atoms with Crippen LogP contribution in [0.3, 0.4) is 0 Å². The van der Waals surface area contributed by atoms with Gasteiger partial charge in [0.1, 0.15) is 10.7 Å². The number of sulfone groups is 1. The Kier molecular flexibility index (Phi) is 7.51. The molecule has 1 aliphatic heterocycles. The van der Waals surface area contributed by atoms with Gasteiger partial charge in [0.05, 0.1) is 10.1 Å². The highest BCUT2D eigenvalue weighted by atomic mass is 35.5. The van der Waals surface area contributed by atoms with Crippen LogP contribution < -0.4 is 10.9 Å². The Labute approximate surface area is 262 Å². The van der Waals surface area contributed by atoms with Crippen LogP contribution in [0.4, 0.5) is 16.4 Å². The number of nitrogens with one attached hydrogen (secondary N) is 1. The number of aryl methyl sites for hydroxylation is 1. The molecule has 3 fully saturated rings. The van der Waals surface area contributed by atoms with Crippen molar-refractivity contribution in [2.45, 2.75) is 82.9 Å². The van der Waals surface area contributed by atoms with Crippen molar-refractivity contribution in [2.24, 2.45) is 22.7 Å². The van der Waals surface area contributed by atoms with Crippen molar-refractivity contribution < 1.29 is 18.3 Å². The third-order valence-electron chi connectivity index (χ3n) is 10.2. The smallest absolute Gasteiger partial charge is 0.407 e. The molecule has 2 aromatic heterocycles. The highest BCUT2D eigenvalue weighted by Gasteiger charge is 2.62. The van der Waals surface area contributed by atoms with Crippen molar-refractivity contribution in [3.8, 4) is 0 Å². The van der Waals surface area contributed by atoms with Crippen molar-refractivity contribution in [3.63, 3.8) is 0 Å². The molecule has 0 radical (unpaired) electrons. The Balaban J connectivity index is 1.26. The van der Waals surface area contributed by atoms with Crippen LogP contribution in [0, 0.1) is 29.6 Å². The number of hydrogen-bond acceptors (Lipinski definition) is 7. The summed E-state index contributed by atoms with van der Waals surface area (Å²) in [6.07, 6.45) is 4.75. The molecular formula is C32H40ClN5O5S. The monoisotopic (exact) mass is 641 g/mol. The van der Waals surface area contributed by atoms with Gasteiger partial charge in [-0.2, -0.15) is 4.98 Å². The number of aromatic nitrogens is 3. The number of piperidine rings is 1. The van der Waals surface area contributed by atoms with Crippen LogP contribution >= 0.6 is 11.6 Å². The minimum absolute atomic E-state index is 0.0371. The zero-order valence-electron chi connectivity index (χ0n) is 25.8. The Morgan fingerprint density at radius 1 is 1.18 bits per heavy atom. The molecule has 236 valence electrons. The summed E-state index contributed by atoms with van der Waals surface area (Å²) >= 11 is 6.26. The standard InChI is InChI=1S/C32H40ClN5O5S/c1-18-14-22(44(42,43)25-16-32(26(25)31(3,4)5)10-12-37(13-11-32)30(40)41)8-9-24(18)35-29-34-17-21-15-23(33)28(39)38(27(21)36-29)19(2)20-6-7-20/h8-9,14-15,17,19-20,25-26H,6-7,10-13,16H2,1-5H3,(H,40,41)(H,34,35,36). The molecule has 1 amide bonds. The number of hydrogen-bond donors (Lipinski definition) is 2. The predicted molar refractivity (Wildman–Crippen MR) is 171 cm³/mol. The second-order valence-corrected chi connectivity index (χ2v) is 16.7.